The van der Waals surface area contributed by atoms with Crippen LogP contribution in [0.4, 0.5) is 0 Å². The zero-order valence-electron chi connectivity index (χ0n) is 11.2. The second-order valence-corrected chi connectivity index (χ2v) is 4.90. The average molecular weight is 322 g/mol. The van der Waals surface area contributed by atoms with Gasteiger partial charge in [-0.3, -0.25) is 9.79 Å². The number of aliphatic imine (C=N–C) groups is 1. The predicted molar refractivity (Wildman–Crippen MR) is 81.3 cm³/mol. The quantitative estimate of drug-likeness (QED) is 0.393. The van der Waals surface area contributed by atoms with Gasteiger partial charge in [0.2, 0.25) is 0 Å². The van der Waals surface area contributed by atoms with Gasteiger partial charge in [-0.05, 0) is 30.3 Å². The Labute approximate surface area is 130 Å². The van der Waals surface area contributed by atoms with E-state index in [-0.39, 0.29) is 17.9 Å². The molecule has 2 aromatic rings. The van der Waals surface area contributed by atoms with Crippen molar-refractivity contribution >= 4 is 23.6 Å². The topological polar surface area (TPSA) is 110 Å². The minimum absolute atomic E-state index is 0.000246. The Morgan fingerprint density at radius 2 is 1.68 bits per heavy atom. The van der Waals surface area contributed by atoms with E-state index in [1.54, 1.807) is 0 Å². The number of phenolic OH excluding ortho intramolecular Hbond substituents is 4. The van der Waals surface area contributed by atoms with E-state index in [1.165, 1.54) is 24.4 Å². The summed E-state index contributed by atoms with van der Waals surface area (Å²) >= 11 is 5.78. The number of Topliss-reactive ketones (excluding diaryl/α,β-unsaturated/α-hetero) is 1. The molecule has 0 heterocycles. The van der Waals surface area contributed by atoms with Crippen LogP contribution in [-0.4, -0.2) is 39.0 Å². The Morgan fingerprint density at radius 1 is 1.05 bits per heavy atom. The summed E-state index contributed by atoms with van der Waals surface area (Å²) in [6.45, 7) is -0.268. The molecule has 0 radical (unpaired) electrons. The Morgan fingerprint density at radius 3 is 2.32 bits per heavy atom. The summed E-state index contributed by atoms with van der Waals surface area (Å²) in [4.78, 5) is 15.8. The summed E-state index contributed by atoms with van der Waals surface area (Å²) in [6, 6.07) is 6.47. The lowest BCUT2D eigenvalue weighted by molar-refractivity contribution is 0.100. The number of nitrogens with zero attached hydrogens (tertiary/aromatic N) is 1. The van der Waals surface area contributed by atoms with Crippen LogP contribution in [-0.2, 0) is 0 Å². The maximum atomic E-state index is 11.9. The number of halogens is 1. The molecule has 22 heavy (non-hydrogen) atoms. The van der Waals surface area contributed by atoms with Crippen LogP contribution >= 0.6 is 11.6 Å². The molecule has 0 aliphatic rings. The first kappa shape index (κ1) is 15.7. The highest BCUT2D eigenvalue weighted by Gasteiger charge is 2.13. The molecule has 0 saturated carbocycles. The van der Waals surface area contributed by atoms with Crippen molar-refractivity contribution in [2.45, 2.75) is 0 Å². The van der Waals surface area contributed by atoms with Crippen LogP contribution in [0.25, 0.3) is 0 Å². The molecule has 0 aromatic heterocycles. The summed E-state index contributed by atoms with van der Waals surface area (Å²) in [5.74, 6) is -2.40. The summed E-state index contributed by atoms with van der Waals surface area (Å²) in [7, 11) is 0. The monoisotopic (exact) mass is 321 g/mol. The first-order chi connectivity index (χ1) is 10.4. The smallest absolute Gasteiger partial charge is 0.200 e. The van der Waals surface area contributed by atoms with E-state index < -0.39 is 23.0 Å². The molecule has 0 saturated heterocycles. The van der Waals surface area contributed by atoms with Gasteiger partial charge in [-0.15, -0.1) is 0 Å². The minimum Gasteiger partial charge on any atom is -0.507 e. The van der Waals surface area contributed by atoms with Crippen molar-refractivity contribution in [1.29, 1.82) is 0 Å². The van der Waals surface area contributed by atoms with E-state index in [0.717, 1.165) is 12.1 Å². The molecule has 6 nitrogen and oxygen atoms in total. The number of carbonyl (C=O) groups is 1. The van der Waals surface area contributed by atoms with Gasteiger partial charge in [-0.1, -0.05) is 11.6 Å². The molecule has 7 heteroatoms. The summed E-state index contributed by atoms with van der Waals surface area (Å²) < 4.78 is 0. The number of rotatable bonds is 4. The van der Waals surface area contributed by atoms with Gasteiger partial charge in [-0.2, -0.15) is 0 Å². The van der Waals surface area contributed by atoms with Crippen molar-refractivity contribution in [1.82, 2.24) is 0 Å². The molecule has 2 aromatic carbocycles. The van der Waals surface area contributed by atoms with Crippen LogP contribution in [0.3, 0.4) is 0 Å². The SMILES string of the molecule is O=C(CN=Cc1cc(Cl)ccc1O)c1cc(O)c(O)c(O)c1. The fourth-order valence-electron chi connectivity index (χ4n) is 1.71. The molecule has 114 valence electrons. The lowest BCUT2D eigenvalue weighted by Crippen LogP contribution is -2.03. The van der Waals surface area contributed by atoms with Gasteiger partial charge in [0.15, 0.2) is 23.0 Å². The fourth-order valence-corrected chi connectivity index (χ4v) is 1.89. The van der Waals surface area contributed by atoms with Gasteiger partial charge in [0.25, 0.3) is 0 Å². The van der Waals surface area contributed by atoms with Gasteiger partial charge in [0, 0.05) is 22.4 Å². The molecule has 2 rings (SSSR count). The number of aromatic hydroxyl groups is 4. The normalized spacial score (nSPS) is 11.0. The molecule has 0 aliphatic heterocycles. The number of hydrogen-bond donors (Lipinski definition) is 4. The van der Waals surface area contributed by atoms with E-state index in [0.29, 0.717) is 10.6 Å². The van der Waals surface area contributed by atoms with Crippen molar-refractivity contribution < 1.29 is 25.2 Å². The standard InChI is InChI=1S/C15H12ClNO5/c16-10-1-2-11(18)9(3-10)6-17-7-14(21)8-4-12(19)15(22)13(20)5-8/h1-6,18-20,22H,7H2. The molecular formula is C15H12ClNO5. The molecule has 0 amide bonds. The predicted octanol–water partition coefficient (Wildman–Crippen LogP) is 2.46. The van der Waals surface area contributed by atoms with E-state index in [1.807, 2.05) is 0 Å². The third-order valence-electron chi connectivity index (χ3n) is 2.85. The third-order valence-corrected chi connectivity index (χ3v) is 3.08. The minimum atomic E-state index is -0.691. The largest absolute Gasteiger partial charge is 0.507 e. The van der Waals surface area contributed by atoms with Crippen molar-refractivity contribution in [3.05, 3.63) is 46.5 Å². The van der Waals surface area contributed by atoms with Crippen molar-refractivity contribution in [3.8, 4) is 23.0 Å². The van der Waals surface area contributed by atoms with Crippen LogP contribution in [0.5, 0.6) is 23.0 Å². The highest BCUT2D eigenvalue weighted by atomic mass is 35.5. The van der Waals surface area contributed by atoms with Crippen molar-refractivity contribution in [2.24, 2.45) is 4.99 Å². The number of benzene rings is 2. The Bertz CT molecular complexity index is 735. The second kappa shape index (κ2) is 6.36. The van der Waals surface area contributed by atoms with Crippen molar-refractivity contribution in [2.75, 3.05) is 6.54 Å². The van der Waals surface area contributed by atoms with Crippen LogP contribution < -0.4 is 0 Å². The Hall–Kier alpha value is -2.73. The van der Waals surface area contributed by atoms with E-state index in [9.17, 15) is 25.2 Å². The summed E-state index contributed by atoms with van der Waals surface area (Å²) in [6.07, 6.45) is 1.29. The van der Waals surface area contributed by atoms with Crippen LogP contribution in [0.2, 0.25) is 5.02 Å². The molecule has 0 aliphatic carbocycles. The maximum Gasteiger partial charge on any atom is 0.200 e. The van der Waals surface area contributed by atoms with E-state index >= 15 is 0 Å². The van der Waals surface area contributed by atoms with Gasteiger partial charge < -0.3 is 20.4 Å². The van der Waals surface area contributed by atoms with E-state index in [2.05, 4.69) is 4.99 Å². The molecule has 0 bridgehead atoms. The number of phenols is 4. The highest BCUT2D eigenvalue weighted by Crippen LogP contribution is 2.35. The zero-order valence-corrected chi connectivity index (χ0v) is 11.9. The lowest BCUT2D eigenvalue weighted by Gasteiger charge is -2.04. The highest BCUT2D eigenvalue weighted by molar-refractivity contribution is 6.30. The first-order valence-electron chi connectivity index (χ1n) is 6.15. The van der Waals surface area contributed by atoms with Gasteiger partial charge in [0.1, 0.15) is 12.3 Å². The van der Waals surface area contributed by atoms with E-state index in [4.69, 9.17) is 11.6 Å². The third kappa shape index (κ3) is 3.48. The van der Waals surface area contributed by atoms with Crippen LogP contribution in [0, 0.1) is 0 Å². The molecule has 0 unspecified atom stereocenters. The Balaban J connectivity index is 2.13. The fraction of sp³-hybridized carbons (Fsp3) is 0.0667. The molecule has 0 fully saturated rings. The summed E-state index contributed by atoms with van der Waals surface area (Å²) in [5, 5.41) is 37.9. The first-order valence-corrected chi connectivity index (χ1v) is 6.52. The summed E-state index contributed by atoms with van der Waals surface area (Å²) in [5.41, 5.74) is 0.358. The van der Waals surface area contributed by atoms with Crippen LogP contribution in [0.15, 0.2) is 35.3 Å². The molecule has 4 N–H and O–H groups in total. The zero-order chi connectivity index (χ0) is 16.3. The van der Waals surface area contributed by atoms with Gasteiger partial charge in [-0.25, -0.2) is 0 Å². The van der Waals surface area contributed by atoms with Gasteiger partial charge in [0.05, 0.1) is 0 Å². The number of carbonyl (C=O) groups excluding carboxylic acids is 1. The molecular weight excluding hydrogens is 310 g/mol. The second-order valence-electron chi connectivity index (χ2n) is 4.46. The number of hydrogen-bond acceptors (Lipinski definition) is 6. The molecule has 0 spiro atoms. The van der Waals surface area contributed by atoms with Crippen molar-refractivity contribution in [3.63, 3.8) is 0 Å². The number of ketones is 1. The maximum absolute atomic E-state index is 11.9. The average Bonchev–Trinajstić information content (AvgIpc) is 2.47. The molecule has 0 atom stereocenters. The van der Waals surface area contributed by atoms with Crippen LogP contribution in [0.1, 0.15) is 15.9 Å². The van der Waals surface area contributed by atoms with Gasteiger partial charge >= 0.3 is 0 Å². The Kier molecular flexibility index (Phi) is 4.53. The lowest BCUT2D eigenvalue weighted by atomic mass is 10.1.